The third kappa shape index (κ3) is 4.32. The summed E-state index contributed by atoms with van der Waals surface area (Å²) in [5.41, 5.74) is -0.00504. The van der Waals surface area contributed by atoms with Gasteiger partial charge in [0.15, 0.2) is 5.75 Å². The van der Waals surface area contributed by atoms with Crippen LogP contribution in [0.4, 0.5) is 11.4 Å². The van der Waals surface area contributed by atoms with Crippen LogP contribution in [0.1, 0.15) is 12.8 Å². The van der Waals surface area contributed by atoms with Gasteiger partial charge >= 0.3 is 0 Å². The summed E-state index contributed by atoms with van der Waals surface area (Å²) in [6.45, 7) is 0. The maximum Gasteiger partial charge on any atom is 0.273 e. The van der Waals surface area contributed by atoms with Crippen LogP contribution in [0.2, 0.25) is 0 Å². The zero-order valence-corrected chi connectivity index (χ0v) is 12.1. The lowest BCUT2D eigenvalue weighted by atomic mass is 10.1. The molecule has 7 nitrogen and oxygen atoms in total. The van der Waals surface area contributed by atoms with Crippen molar-refractivity contribution in [2.24, 2.45) is 0 Å². The number of non-ortho nitro benzene ring substituents is 1. The monoisotopic (exact) mass is 310 g/mol. The number of hydrogen-bond acceptors (Lipinski definition) is 5. The van der Waals surface area contributed by atoms with E-state index in [0.717, 1.165) is 12.7 Å². The fourth-order valence-corrected chi connectivity index (χ4v) is 2.37. The predicted molar refractivity (Wildman–Crippen MR) is 78.6 cm³/mol. The highest BCUT2D eigenvalue weighted by atomic mass is 32.2. The Hall–Kier alpha value is -2.35. The van der Waals surface area contributed by atoms with Crippen LogP contribution >= 0.6 is 0 Å². The van der Waals surface area contributed by atoms with Gasteiger partial charge < -0.3 is 4.74 Å². The molecule has 0 aliphatic heterocycles. The topological polar surface area (TPSA) is 98.5 Å². The molecule has 1 aromatic rings. The largest absolute Gasteiger partial charge is 0.459 e. The molecule has 0 atom stereocenters. The first-order valence-corrected chi connectivity index (χ1v) is 8.04. The van der Waals surface area contributed by atoms with E-state index in [0.29, 0.717) is 12.2 Å². The normalized spacial score (nSPS) is 14.4. The molecule has 112 valence electrons. The molecule has 8 heteroatoms. The van der Waals surface area contributed by atoms with Crippen molar-refractivity contribution in [3.8, 4) is 5.75 Å². The lowest BCUT2D eigenvalue weighted by Crippen LogP contribution is -2.11. The molecule has 2 rings (SSSR count). The van der Waals surface area contributed by atoms with E-state index in [4.69, 9.17) is 4.74 Å². The second-order valence-corrected chi connectivity index (χ2v) is 6.26. The van der Waals surface area contributed by atoms with Gasteiger partial charge in [-0.05, 0) is 18.6 Å². The molecule has 1 aliphatic carbocycles. The van der Waals surface area contributed by atoms with Gasteiger partial charge in [-0.2, -0.15) is 0 Å². The molecule has 1 N–H and O–H groups in total. The van der Waals surface area contributed by atoms with Gasteiger partial charge in [0.2, 0.25) is 10.0 Å². The van der Waals surface area contributed by atoms with Crippen LogP contribution in [0.5, 0.6) is 5.75 Å². The maximum absolute atomic E-state index is 11.3. The van der Waals surface area contributed by atoms with Gasteiger partial charge in [-0.15, -0.1) is 0 Å². The molecule has 0 spiro atoms. The zero-order valence-electron chi connectivity index (χ0n) is 11.3. The van der Waals surface area contributed by atoms with Crippen molar-refractivity contribution in [1.29, 1.82) is 0 Å². The fraction of sp³-hybridized carbons (Fsp3) is 0.231. The summed E-state index contributed by atoms with van der Waals surface area (Å²) >= 11 is 0. The average Bonchev–Trinajstić information content (AvgIpc) is 2.40. The van der Waals surface area contributed by atoms with Gasteiger partial charge in [0.05, 0.1) is 22.9 Å². The maximum atomic E-state index is 11.3. The molecule has 1 aromatic carbocycles. The Bertz CT molecular complexity index is 722. The number of rotatable bonds is 5. The molecule has 1 aliphatic rings. The Morgan fingerprint density at radius 2 is 2.14 bits per heavy atom. The number of nitro groups is 1. The first kappa shape index (κ1) is 15.0. The van der Waals surface area contributed by atoms with Crippen LogP contribution in [0.3, 0.4) is 0 Å². The fourth-order valence-electron chi connectivity index (χ4n) is 1.80. The molecule has 0 heterocycles. The molecule has 0 aromatic heterocycles. The highest BCUT2D eigenvalue weighted by Crippen LogP contribution is 2.32. The minimum absolute atomic E-state index is 0.108. The van der Waals surface area contributed by atoms with Crippen molar-refractivity contribution in [2.45, 2.75) is 12.8 Å². The van der Waals surface area contributed by atoms with Crippen molar-refractivity contribution in [1.82, 2.24) is 0 Å². The third-order valence-corrected chi connectivity index (χ3v) is 3.28. The van der Waals surface area contributed by atoms with Gasteiger partial charge in [-0.1, -0.05) is 12.2 Å². The molecular weight excluding hydrogens is 296 g/mol. The Morgan fingerprint density at radius 1 is 1.38 bits per heavy atom. The number of nitrogens with zero attached hydrogens (tertiary/aromatic N) is 1. The third-order valence-electron chi connectivity index (χ3n) is 2.69. The summed E-state index contributed by atoms with van der Waals surface area (Å²) in [6.07, 6.45) is 7.98. The number of nitrogens with one attached hydrogen (secondary N) is 1. The predicted octanol–water partition coefficient (Wildman–Crippen LogP) is 2.58. The zero-order chi connectivity index (χ0) is 15.5. The molecule has 0 saturated carbocycles. The van der Waals surface area contributed by atoms with Gasteiger partial charge in [0.25, 0.3) is 5.69 Å². The molecule has 0 bridgehead atoms. The molecule has 0 fully saturated rings. The smallest absolute Gasteiger partial charge is 0.273 e. The Labute approximate surface area is 122 Å². The van der Waals surface area contributed by atoms with Crippen molar-refractivity contribution in [2.75, 3.05) is 11.0 Å². The molecule has 0 unspecified atom stereocenters. The van der Waals surface area contributed by atoms with Crippen LogP contribution in [0.25, 0.3) is 0 Å². The van der Waals surface area contributed by atoms with E-state index in [1.807, 2.05) is 12.2 Å². The van der Waals surface area contributed by atoms with E-state index in [1.165, 1.54) is 18.2 Å². The number of hydrogen-bond donors (Lipinski definition) is 1. The van der Waals surface area contributed by atoms with Crippen LogP contribution in [0, 0.1) is 10.1 Å². The highest BCUT2D eigenvalue weighted by molar-refractivity contribution is 7.92. The van der Waals surface area contributed by atoms with Crippen LogP contribution in [-0.2, 0) is 10.0 Å². The Morgan fingerprint density at radius 3 is 2.71 bits per heavy atom. The van der Waals surface area contributed by atoms with Gasteiger partial charge in [-0.25, -0.2) is 8.42 Å². The number of benzene rings is 1. The number of anilines is 1. The number of allylic oxidation sites excluding steroid dienone is 4. The van der Waals surface area contributed by atoms with E-state index < -0.39 is 14.9 Å². The number of ether oxygens (including phenoxy) is 1. The van der Waals surface area contributed by atoms with Gasteiger partial charge in [0, 0.05) is 12.5 Å². The summed E-state index contributed by atoms with van der Waals surface area (Å²) < 4.78 is 30.6. The van der Waals surface area contributed by atoms with Crippen molar-refractivity contribution < 1.29 is 18.1 Å². The lowest BCUT2D eigenvalue weighted by molar-refractivity contribution is -0.384. The van der Waals surface area contributed by atoms with E-state index in [1.54, 1.807) is 6.08 Å². The second kappa shape index (κ2) is 5.96. The molecule has 21 heavy (non-hydrogen) atoms. The molecular formula is C13H14N2O5S. The minimum Gasteiger partial charge on any atom is -0.459 e. The summed E-state index contributed by atoms with van der Waals surface area (Å²) in [6, 6.07) is 3.73. The van der Waals surface area contributed by atoms with Crippen LogP contribution in [0.15, 0.2) is 42.2 Å². The van der Waals surface area contributed by atoms with E-state index in [9.17, 15) is 18.5 Å². The standard InChI is InChI=1S/C13H14N2O5S/c1-21(18,19)14-12-8-7-10(15(16)17)9-13(12)20-11-5-3-2-4-6-11/h2-3,5,7-9,14H,4,6H2,1H3. The van der Waals surface area contributed by atoms with Crippen molar-refractivity contribution >= 4 is 21.4 Å². The van der Waals surface area contributed by atoms with Crippen LogP contribution < -0.4 is 9.46 Å². The summed E-state index contributed by atoms with van der Waals surface area (Å²) in [5.74, 6) is 0.728. The highest BCUT2D eigenvalue weighted by Gasteiger charge is 2.16. The average molecular weight is 310 g/mol. The lowest BCUT2D eigenvalue weighted by Gasteiger charge is -2.15. The van der Waals surface area contributed by atoms with Gasteiger partial charge in [-0.3, -0.25) is 14.8 Å². The molecule has 0 saturated heterocycles. The summed E-state index contributed by atoms with van der Waals surface area (Å²) in [5, 5.41) is 10.8. The quantitative estimate of drug-likeness (QED) is 0.665. The van der Waals surface area contributed by atoms with Crippen molar-refractivity contribution in [3.63, 3.8) is 0 Å². The first-order valence-electron chi connectivity index (χ1n) is 6.15. The Balaban J connectivity index is 2.38. The summed E-state index contributed by atoms with van der Waals surface area (Å²) in [4.78, 5) is 10.3. The minimum atomic E-state index is -3.51. The van der Waals surface area contributed by atoms with E-state index in [2.05, 4.69) is 4.72 Å². The van der Waals surface area contributed by atoms with Crippen LogP contribution in [-0.4, -0.2) is 19.6 Å². The first-order chi connectivity index (χ1) is 9.85. The number of sulfonamides is 1. The van der Waals surface area contributed by atoms with Crippen molar-refractivity contribution in [3.05, 3.63) is 52.3 Å². The molecule has 0 radical (unpaired) electrons. The SMILES string of the molecule is CS(=O)(=O)Nc1ccc([N+](=O)[O-])cc1OC1=CC=CCC1. The van der Waals surface area contributed by atoms with Gasteiger partial charge in [0.1, 0.15) is 5.76 Å². The van der Waals surface area contributed by atoms with E-state index >= 15 is 0 Å². The second-order valence-electron chi connectivity index (χ2n) is 4.51. The number of nitro benzene ring substituents is 1. The summed E-state index contributed by atoms with van der Waals surface area (Å²) in [7, 11) is -3.51. The molecule has 0 amide bonds. The van der Waals surface area contributed by atoms with E-state index in [-0.39, 0.29) is 17.1 Å². The Kier molecular flexibility index (Phi) is 4.27.